The van der Waals surface area contributed by atoms with Crippen LogP contribution in [0.2, 0.25) is 0 Å². The van der Waals surface area contributed by atoms with Crippen LogP contribution in [0.15, 0.2) is 29.4 Å². The van der Waals surface area contributed by atoms with Gasteiger partial charge in [0, 0.05) is 19.5 Å². The maximum Gasteiger partial charge on any atom is 0.269 e. The topological polar surface area (TPSA) is 41.9 Å². The van der Waals surface area contributed by atoms with Crippen LogP contribution in [0.4, 0.5) is 4.39 Å². The summed E-state index contributed by atoms with van der Waals surface area (Å²) in [6, 6.07) is 6.12. The summed E-state index contributed by atoms with van der Waals surface area (Å²) in [6.45, 7) is 7.68. The average Bonchev–Trinajstić information content (AvgIpc) is 2.90. The summed E-state index contributed by atoms with van der Waals surface area (Å²) in [5.74, 6) is 0.718. The second-order valence-corrected chi connectivity index (χ2v) is 7.20. The largest absolute Gasteiger partial charge is 0.379 e. The highest BCUT2D eigenvalue weighted by atomic mass is 19.1. The predicted molar refractivity (Wildman–Crippen MR) is 86.6 cm³/mol. The summed E-state index contributed by atoms with van der Waals surface area (Å²) >= 11 is 0. The molecule has 0 aliphatic carbocycles. The lowest BCUT2D eigenvalue weighted by Crippen LogP contribution is -2.52. The van der Waals surface area contributed by atoms with Gasteiger partial charge in [-0.3, -0.25) is 4.79 Å². The summed E-state index contributed by atoms with van der Waals surface area (Å²) < 4.78 is 13.0. The monoisotopic (exact) mass is 318 g/mol. The molecule has 3 atom stereocenters. The van der Waals surface area contributed by atoms with Gasteiger partial charge in [0.15, 0.2) is 0 Å². The van der Waals surface area contributed by atoms with Crippen molar-refractivity contribution in [1.82, 2.24) is 4.90 Å². The molecule has 1 saturated heterocycles. The number of piperidine rings is 1. The van der Waals surface area contributed by atoms with E-state index in [1.807, 2.05) is 4.90 Å². The van der Waals surface area contributed by atoms with Crippen LogP contribution in [0.3, 0.4) is 0 Å². The van der Waals surface area contributed by atoms with Gasteiger partial charge in [-0.25, -0.2) is 4.39 Å². The number of hydrogen-bond donors (Lipinski definition) is 0. The Bertz CT molecular complexity index is 618. The van der Waals surface area contributed by atoms with Crippen LogP contribution in [0.5, 0.6) is 0 Å². The van der Waals surface area contributed by atoms with E-state index in [-0.39, 0.29) is 11.7 Å². The molecule has 1 aromatic rings. The van der Waals surface area contributed by atoms with Crippen molar-refractivity contribution >= 4 is 11.6 Å². The van der Waals surface area contributed by atoms with Crippen LogP contribution in [0, 0.1) is 17.7 Å². The van der Waals surface area contributed by atoms with Crippen molar-refractivity contribution in [3.05, 3.63) is 35.6 Å². The van der Waals surface area contributed by atoms with E-state index in [2.05, 4.69) is 19.0 Å². The van der Waals surface area contributed by atoms with Crippen molar-refractivity contribution in [3.63, 3.8) is 0 Å². The number of likely N-dealkylation sites (tertiary alicyclic amines) is 1. The molecule has 0 saturated carbocycles. The third kappa shape index (κ3) is 3.23. The van der Waals surface area contributed by atoms with E-state index in [9.17, 15) is 9.18 Å². The number of oxime groups is 1. The summed E-state index contributed by atoms with van der Waals surface area (Å²) in [5.41, 5.74) is 0.530. The molecule has 5 heteroatoms. The molecule has 1 amide bonds. The van der Waals surface area contributed by atoms with Gasteiger partial charge in [0.25, 0.3) is 5.91 Å². The molecule has 3 rings (SSSR count). The molecule has 23 heavy (non-hydrogen) atoms. The molecular formula is C18H23FN2O2. The lowest BCUT2D eigenvalue weighted by atomic mass is 9.89. The van der Waals surface area contributed by atoms with Crippen LogP contribution in [-0.4, -0.2) is 35.2 Å². The third-order valence-corrected chi connectivity index (χ3v) is 4.65. The Morgan fingerprint density at radius 1 is 1.26 bits per heavy atom. The molecule has 0 bridgehead atoms. The van der Waals surface area contributed by atoms with E-state index in [0.717, 1.165) is 25.1 Å². The molecular weight excluding hydrogens is 295 g/mol. The number of benzene rings is 1. The number of nitrogens with zero attached hydrogens (tertiary/aromatic N) is 2. The van der Waals surface area contributed by atoms with E-state index in [1.165, 1.54) is 12.1 Å². The zero-order valence-electron chi connectivity index (χ0n) is 13.9. The number of carbonyl (C=O) groups is 1. The lowest BCUT2D eigenvalue weighted by molar-refractivity contribution is -0.156. The quantitative estimate of drug-likeness (QED) is 0.840. The first kappa shape index (κ1) is 16.0. The van der Waals surface area contributed by atoms with Gasteiger partial charge >= 0.3 is 0 Å². The Morgan fingerprint density at radius 3 is 2.48 bits per heavy atom. The highest BCUT2D eigenvalue weighted by molar-refractivity contribution is 6.05. The molecule has 0 radical (unpaired) electrons. The van der Waals surface area contributed by atoms with Crippen molar-refractivity contribution in [2.45, 2.75) is 39.2 Å². The van der Waals surface area contributed by atoms with Crippen LogP contribution in [0.25, 0.3) is 0 Å². The maximum absolute atomic E-state index is 13.0. The van der Waals surface area contributed by atoms with Gasteiger partial charge in [0.1, 0.15) is 5.82 Å². The predicted octanol–water partition coefficient (Wildman–Crippen LogP) is 3.21. The molecule has 2 aliphatic rings. The van der Waals surface area contributed by atoms with E-state index in [0.29, 0.717) is 24.0 Å². The standard InChI is InChI=1S/C18H23FN2O2/c1-12-8-13(2)11-21(10-12)17(22)18(3)9-16(20-23-18)14-4-6-15(19)7-5-14/h4-7,12-13H,8-11H2,1-3H3/t12-,13+,18-/m1/s1. The van der Waals surface area contributed by atoms with Crippen molar-refractivity contribution in [1.29, 1.82) is 0 Å². The van der Waals surface area contributed by atoms with Gasteiger partial charge in [-0.1, -0.05) is 31.1 Å². The Balaban J connectivity index is 1.71. The van der Waals surface area contributed by atoms with E-state index >= 15 is 0 Å². The summed E-state index contributed by atoms with van der Waals surface area (Å²) in [7, 11) is 0. The first-order valence-corrected chi connectivity index (χ1v) is 8.18. The number of hydrogen-bond acceptors (Lipinski definition) is 3. The molecule has 2 heterocycles. The summed E-state index contributed by atoms with van der Waals surface area (Å²) in [4.78, 5) is 20.3. The molecule has 1 fully saturated rings. The van der Waals surface area contributed by atoms with Gasteiger partial charge in [-0.15, -0.1) is 0 Å². The number of carbonyl (C=O) groups excluding carboxylic acids is 1. The van der Waals surface area contributed by atoms with Gasteiger partial charge in [-0.05, 0) is 42.9 Å². The lowest BCUT2D eigenvalue weighted by Gasteiger charge is -2.38. The zero-order chi connectivity index (χ0) is 16.6. The Labute approximate surface area is 136 Å². The SMILES string of the molecule is C[C@@H]1C[C@H](C)CN(C(=O)[C@@]2(C)CC(c3ccc(F)cc3)=NO2)C1. The highest BCUT2D eigenvalue weighted by Gasteiger charge is 2.45. The first-order valence-electron chi connectivity index (χ1n) is 8.18. The van der Waals surface area contributed by atoms with Gasteiger partial charge in [0.05, 0.1) is 5.71 Å². The van der Waals surface area contributed by atoms with Gasteiger partial charge < -0.3 is 9.74 Å². The normalized spacial score (nSPS) is 30.8. The van der Waals surface area contributed by atoms with Crippen LogP contribution in [-0.2, 0) is 9.63 Å². The molecule has 0 spiro atoms. The average molecular weight is 318 g/mol. The van der Waals surface area contributed by atoms with Crippen molar-refractivity contribution in [2.24, 2.45) is 17.0 Å². The van der Waals surface area contributed by atoms with Crippen LogP contribution >= 0.6 is 0 Å². The molecule has 0 unspecified atom stereocenters. The summed E-state index contributed by atoms with van der Waals surface area (Å²) in [6.07, 6.45) is 1.56. The maximum atomic E-state index is 13.0. The number of amides is 1. The van der Waals surface area contributed by atoms with E-state index in [1.54, 1.807) is 19.1 Å². The fourth-order valence-electron chi connectivity index (χ4n) is 3.61. The van der Waals surface area contributed by atoms with Crippen molar-refractivity contribution < 1.29 is 14.0 Å². The third-order valence-electron chi connectivity index (χ3n) is 4.65. The second-order valence-electron chi connectivity index (χ2n) is 7.20. The minimum atomic E-state index is -0.958. The molecule has 2 aliphatic heterocycles. The first-order chi connectivity index (χ1) is 10.9. The zero-order valence-corrected chi connectivity index (χ0v) is 13.9. The molecule has 0 N–H and O–H groups in total. The molecule has 0 aromatic heterocycles. The minimum absolute atomic E-state index is 0.00300. The Morgan fingerprint density at radius 2 is 1.87 bits per heavy atom. The van der Waals surface area contributed by atoms with Crippen LogP contribution < -0.4 is 0 Å². The molecule has 1 aromatic carbocycles. The minimum Gasteiger partial charge on any atom is -0.379 e. The van der Waals surface area contributed by atoms with E-state index < -0.39 is 5.60 Å². The molecule has 4 nitrogen and oxygen atoms in total. The number of halogens is 1. The van der Waals surface area contributed by atoms with Crippen molar-refractivity contribution in [2.75, 3.05) is 13.1 Å². The Hall–Kier alpha value is -1.91. The smallest absolute Gasteiger partial charge is 0.269 e. The summed E-state index contributed by atoms with van der Waals surface area (Å²) in [5, 5.41) is 4.09. The van der Waals surface area contributed by atoms with Crippen molar-refractivity contribution in [3.8, 4) is 0 Å². The number of rotatable bonds is 2. The highest BCUT2D eigenvalue weighted by Crippen LogP contribution is 2.31. The fraction of sp³-hybridized carbons (Fsp3) is 0.556. The second kappa shape index (κ2) is 5.95. The Kier molecular flexibility index (Phi) is 4.13. The van der Waals surface area contributed by atoms with Crippen LogP contribution in [0.1, 0.15) is 39.2 Å². The fourth-order valence-corrected chi connectivity index (χ4v) is 3.61. The van der Waals surface area contributed by atoms with E-state index in [4.69, 9.17) is 4.84 Å². The molecule has 124 valence electrons. The van der Waals surface area contributed by atoms with Gasteiger partial charge in [0.2, 0.25) is 5.60 Å². The van der Waals surface area contributed by atoms with Gasteiger partial charge in [-0.2, -0.15) is 0 Å².